The molecule has 2 aromatic rings. The molecule has 0 bridgehead atoms. The molecule has 1 N–H and O–H groups in total. The van der Waals surface area contributed by atoms with Crippen molar-refractivity contribution in [2.75, 3.05) is 4.72 Å². The van der Waals surface area contributed by atoms with Crippen molar-refractivity contribution in [3.63, 3.8) is 0 Å². The van der Waals surface area contributed by atoms with E-state index in [0.717, 1.165) is 0 Å². The lowest BCUT2D eigenvalue weighted by Crippen LogP contribution is -2.13. The smallest absolute Gasteiger partial charge is 0.261 e. The molecule has 0 heterocycles. The van der Waals surface area contributed by atoms with Gasteiger partial charge in [-0.3, -0.25) is 4.72 Å². The summed E-state index contributed by atoms with van der Waals surface area (Å²) in [4.78, 5) is 0.204. The number of rotatable bonds is 3. The second kappa shape index (κ2) is 5.59. The molecule has 2 rings (SSSR count). The van der Waals surface area contributed by atoms with Crippen molar-refractivity contribution in [2.24, 2.45) is 0 Å². The van der Waals surface area contributed by atoms with Gasteiger partial charge in [0.2, 0.25) is 0 Å². The lowest BCUT2D eigenvalue weighted by molar-refractivity contribution is 0.601. The molecule has 0 saturated carbocycles. The van der Waals surface area contributed by atoms with Crippen molar-refractivity contribution >= 4 is 38.3 Å². The topological polar surface area (TPSA) is 70.0 Å². The van der Waals surface area contributed by atoms with Crippen LogP contribution in [-0.2, 0) is 10.0 Å². The predicted molar refractivity (Wildman–Crippen MR) is 81.1 cm³/mol. The molecule has 0 spiro atoms. The maximum absolute atomic E-state index is 12.1. The van der Waals surface area contributed by atoms with Gasteiger partial charge in [0.25, 0.3) is 10.0 Å². The van der Waals surface area contributed by atoms with E-state index in [1.54, 1.807) is 36.4 Å². The molecule has 96 valence electrons. The largest absolute Gasteiger partial charge is 0.279 e. The average Bonchev–Trinajstić information content (AvgIpc) is 2.42. The first kappa shape index (κ1) is 13.8. The van der Waals surface area contributed by atoms with E-state index in [0.29, 0.717) is 14.8 Å². The standard InChI is InChI=1S/C13H9IN2O2S/c14-12-8-10(9-15)6-7-13(12)16-19(17,18)11-4-2-1-3-5-11/h1-8,16H. The Labute approximate surface area is 125 Å². The molecule has 0 amide bonds. The molecule has 0 saturated heterocycles. The summed E-state index contributed by atoms with van der Waals surface area (Å²) in [6.45, 7) is 0. The Kier molecular flexibility index (Phi) is 4.07. The molecule has 0 unspecified atom stereocenters. The fourth-order valence-corrected chi connectivity index (χ4v) is 3.40. The van der Waals surface area contributed by atoms with Crippen LogP contribution in [0.3, 0.4) is 0 Å². The number of anilines is 1. The van der Waals surface area contributed by atoms with E-state index >= 15 is 0 Å². The van der Waals surface area contributed by atoms with Gasteiger partial charge in [-0.05, 0) is 52.9 Å². The van der Waals surface area contributed by atoms with Gasteiger partial charge in [0, 0.05) is 3.57 Å². The van der Waals surface area contributed by atoms with Crippen LogP contribution in [0.25, 0.3) is 0 Å². The zero-order chi connectivity index (χ0) is 13.9. The van der Waals surface area contributed by atoms with E-state index in [9.17, 15) is 8.42 Å². The Morgan fingerprint density at radius 3 is 2.37 bits per heavy atom. The first-order valence-corrected chi connectivity index (χ1v) is 7.86. The van der Waals surface area contributed by atoms with Gasteiger partial charge in [0.1, 0.15) is 0 Å². The molecule has 0 aliphatic heterocycles. The highest BCUT2D eigenvalue weighted by Crippen LogP contribution is 2.22. The van der Waals surface area contributed by atoms with Crippen molar-refractivity contribution in [2.45, 2.75) is 4.90 Å². The molecule has 0 atom stereocenters. The molecule has 2 aromatic carbocycles. The number of nitriles is 1. The summed E-state index contributed by atoms with van der Waals surface area (Å²) in [6.07, 6.45) is 0. The number of hydrogen-bond acceptors (Lipinski definition) is 3. The summed E-state index contributed by atoms with van der Waals surface area (Å²) in [6, 6.07) is 14.9. The highest BCUT2D eigenvalue weighted by Gasteiger charge is 2.14. The number of benzene rings is 2. The quantitative estimate of drug-likeness (QED) is 0.828. The van der Waals surface area contributed by atoms with Gasteiger partial charge >= 0.3 is 0 Å². The van der Waals surface area contributed by atoms with Crippen LogP contribution < -0.4 is 4.72 Å². The monoisotopic (exact) mass is 384 g/mol. The van der Waals surface area contributed by atoms with Crippen LogP contribution in [-0.4, -0.2) is 8.42 Å². The molecular weight excluding hydrogens is 375 g/mol. The summed E-state index contributed by atoms with van der Waals surface area (Å²) in [5.74, 6) is 0. The summed E-state index contributed by atoms with van der Waals surface area (Å²) in [5.41, 5.74) is 0.954. The Bertz CT molecular complexity index is 737. The SMILES string of the molecule is N#Cc1ccc(NS(=O)(=O)c2ccccc2)c(I)c1. The normalized spacial score (nSPS) is 10.7. The van der Waals surface area contributed by atoms with Gasteiger partial charge in [-0.15, -0.1) is 0 Å². The number of halogens is 1. The molecule has 19 heavy (non-hydrogen) atoms. The highest BCUT2D eigenvalue weighted by atomic mass is 127. The zero-order valence-electron chi connectivity index (χ0n) is 9.67. The second-order valence-corrected chi connectivity index (χ2v) is 6.57. The number of hydrogen-bond donors (Lipinski definition) is 1. The van der Waals surface area contributed by atoms with Crippen LogP contribution in [0.1, 0.15) is 5.56 Å². The fraction of sp³-hybridized carbons (Fsp3) is 0. The fourth-order valence-electron chi connectivity index (χ4n) is 1.47. The third-order valence-electron chi connectivity index (χ3n) is 2.40. The third-order valence-corrected chi connectivity index (χ3v) is 4.67. The van der Waals surface area contributed by atoms with Crippen LogP contribution in [0.4, 0.5) is 5.69 Å². The Morgan fingerprint density at radius 1 is 1.11 bits per heavy atom. The van der Waals surface area contributed by atoms with E-state index in [1.165, 1.54) is 12.1 Å². The van der Waals surface area contributed by atoms with Crippen LogP contribution in [0.15, 0.2) is 53.4 Å². The maximum atomic E-state index is 12.1. The molecule has 0 aromatic heterocycles. The minimum absolute atomic E-state index is 0.204. The van der Waals surface area contributed by atoms with Crippen molar-refractivity contribution in [1.82, 2.24) is 0 Å². The summed E-state index contributed by atoms with van der Waals surface area (Å²) >= 11 is 1.99. The maximum Gasteiger partial charge on any atom is 0.261 e. The minimum Gasteiger partial charge on any atom is -0.279 e. The van der Waals surface area contributed by atoms with E-state index in [-0.39, 0.29) is 4.90 Å². The minimum atomic E-state index is -3.59. The number of nitrogens with one attached hydrogen (secondary N) is 1. The Balaban J connectivity index is 2.34. The molecule has 4 nitrogen and oxygen atoms in total. The predicted octanol–water partition coefficient (Wildman–Crippen LogP) is 2.96. The van der Waals surface area contributed by atoms with Crippen molar-refractivity contribution < 1.29 is 8.42 Å². The molecule has 0 aliphatic carbocycles. The number of sulfonamides is 1. The third kappa shape index (κ3) is 3.24. The lowest BCUT2D eigenvalue weighted by Gasteiger charge is -2.09. The average molecular weight is 384 g/mol. The molecule has 0 aliphatic rings. The highest BCUT2D eigenvalue weighted by molar-refractivity contribution is 14.1. The molecule has 0 radical (unpaired) electrons. The summed E-state index contributed by atoms with van der Waals surface area (Å²) in [7, 11) is -3.59. The van der Waals surface area contributed by atoms with Gasteiger partial charge in [-0.2, -0.15) is 5.26 Å². The Morgan fingerprint density at radius 2 is 1.79 bits per heavy atom. The van der Waals surface area contributed by atoms with Crippen molar-refractivity contribution in [1.29, 1.82) is 5.26 Å². The van der Waals surface area contributed by atoms with E-state index in [4.69, 9.17) is 5.26 Å². The van der Waals surface area contributed by atoms with Crippen LogP contribution in [0.2, 0.25) is 0 Å². The molecule has 0 fully saturated rings. The van der Waals surface area contributed by atoms with E-state index in [1.807, 2.05) is 28.7 Å². The zero-order valence-corrected chi connectivity index (χ0v) is 12.6. The van der Waals surface area contributed by atoms with E-state index < -0.39 is 10.0 Å². The van der Waals surface area contributed by atoms with Gasteiger partial charge in [0.15, 0.2) is 0 Å². The van der Waals surface area contributed by atoms with Gasteiger partial charge in [0.05, 0.1) is 22.2 Å². The van der Waals surface area contributed by atoms with Crippen LogP contribution in [0, 0.1) is 14.9 Å². The molecular formula is C13H9IN2O2S. The van der Waals surface area contributed by atoms with E-state index in [2.05, 4.69) is 4.72 Å². The van der Waals surface area contributed by atoms with Crippen LogP contribution in [0.5, 0.6) is 0 Å². The summed E-state index contributed by atoms with van der Waals surface area (Å²) < 4.78 is 27.4. The second-order valence-electron chi connectivity index (χ2n) is 3.72. The lowest BCUT2D eigenvalue weighted by atomic mass is 10.2. The van der Waals surface area contributed by atoms with Crippen molar-refractivity contribution in [3.8, 4) is 6.07 Å². The van der Waals surface area contributed by atoms with Gasteiger partial charge in [-0.1, -0.05) is 18.2 Å². The summed E-state index contributed by atoms with van der Waals surface area (Å²) in [5, 5.41) is 8.77. The van der Waals surface area contributed by atoms with Gasteiger partial charge in [-0.25, -0.2) is 8.42 Å². The Hall–Kier alpha value is -1.59. The van der Waals surface area contributed by atoms with Crippen molar-refractivity contribution in [3.05, 3.63) is 57.7 Å². The van der Waals surface area contributed by atoms with Crippen LogP contribution >= 0.6 is 22.6 Å². The first-order chi connectivity index (χ1) is 9.03. The first-order valence-electron chi connectivity index (χ1n) is 5.30. The van der Waals surface area contributed by atoms with Gasteiger partial charge < -0.3 is 0 Å². The number of nitrogens with zero attached hydrogens (tertiary/aromatic N) is 1. The molecule has 6 heteroatoms.